The van der Waals surface area contributed by atoms with Gasteiger partial charge in [0, 0.05) is 19.8 Å². The third-order valence-electron chi connectivity index (χ3n) is 5.25. The number of ether oxygens (including phenoxy) is 4. The van der Waals surface area contributed by atoms with Gasteiger partial charge in [-0.25, -0.2) is 0 Å². The summed E-state index contributed by atoms with van der Waals surface area (Å²) in [5.41, 5.74) is 0. The van der Waals surface area contributed by atoms with Gasteiger partial charge in [0.2, 0.25) is 0 Å². The molecule has 1 fully saturated rings. The summed E-state index contributed by atoms with van der Waals surface area (Å²) in [7, 11) is -6.17. The van der Waals surface area contributed by atoms with E-state index in [1.165, 1.54) is 0 Å². The molecule has 1 aliphatic heterocycles. The fraction of sp³-hybridized carbons (Fsp3) is 1.00. The predicted molar refractivity (Wildman–Crippen MR) is 133 cm³/mol. The minimum absolute atomic E-state index is 0.0613. The quantitative estimate of drug-likeness (QED) is 0.130. The number of aliphatic hydroxyl groups is 2. The number of rotatable bonds is 22. The third-order valence-corrected chi connectivity index (χ3v) is 17.7. The first-order valence-electron chi connectivity index (χ1n) is 12.1. The summed E-state index contributed by atoms with van der Waals surface area (Å²) in [5.74, 6) is 0. The minimum atomic E-state index is -2.30. The standard InChI is InChI=1S/C21H48O8Si3/c1-30(2,16-6-11-24-14-9-22)28-31(3,4)29-32(5,17-7-12-25-15-10-23)18-8-13-26-19-21-20-27-21/h21-23H,6-20H2,1-5H3. The van der Waals surface area contributed by atoms with Crippen LogP contribution in [0.15, 0.2) is 0 Å². The second-order valence-corrected chi connectivity index (χ2v) is 22.2. The van der Waals surface area contributed by atoms with E-state index < -0.39 is 25.2 Å². The fourth-order valence-electron chi connectivity index (χ4n) is 3.97. The Balaban J connectivity index is 2.52. The smallest absolute Gasteiger partial charge is 0.311 e. The van der Waals surface area contributed by atoms with E-state index in [0.717, 1.165) is 50.6 Å². The van der Waals surface area contributed by atoms with E-state index in [0.29, 0.717) is 39.1 Å². The van der Waals surface area contributed by atoms with Crippen LogP contribution in [0.1, 0.15) is 19.3 Å². The zero-order valence-electron chi connectivity index (χ0n) is 21.0. The van der Waals surface area contributed by atoms with E-state index in [1.807, 2.05) is 0 Å². The molecule has 0 aromatic rings. The van der Waals surface area contributed by atoms with Crippen LogP contribution in [0.5, 0.6) is 0 Å². The Morgan fingerprint density at radius 1 is 0.719 bits per heavy atom. The van der Waals surface area contributed by atoms with Gasteiger partial charge in [-0.05, 0) is 70.1 Å². The zero-order valence-corrected chi connectivity index (χ0v) is 24.0. The van der Waals surface area contributed by atoms with Gasteiger partial charge in [-0.15, -0.1) is 0 Å². The van der Waals surface area contributed by atoms with E-state index in [9.17, 15) is 0 Å². The maximum absolute atomic E-state index is 8.91. The summed E-state index contributed by atoms with van der Waals surface area (Å²) in [5, 5.41) is 17.7. The first kappa shape index (κ1) is 30.4. The van der Waals surface area contributed by atoms with Crippen molar-refractivity contribution in [3.8, 4) is 0 Å². The highest BCUT2D eigenvalue weighted by Crippen LogP contribution is 2.29. The lowest BCUT2D eigenvalue weighted by Crippen LogP contribution is -2.53. The molecular weight excluding hydrogens is 464 g/mol. The SMILES string of the molecule is C[Si](C)(CCCOCCO)O[Si](C)(C)O[Si](C)(CCCOCCO)CCCOCC1CO1. The largest absolute Gasteiger partial charge is 0.437 e. The predicted octanol–water partition coefficient (Wildman–Crippen LogP) is 3.11. The molecule has 1 saturated heterocycles. The van der Waals surface area contributed by atoms with Crippen molar-refractivity contribution in [3.63, 3.8) is 0 Å². The van der Waals surface area contributed by atoms with Crippen LogP contribution in [0, 0.1) is 0 Å². The van der Waals surface area contributed by atoms with Crippen molar-refractivity contribution in [2.24, 2.45) is 0 Å². The maximum atomic E-state index is 8.91. The Morgan fingerprint density at radius 2 is 1.22 bits per heavy atom. The highest BCUT2D eigenvalue weighted by molar-refractivity contribution is 6.88. The second kappa shape index (κ2) is 16.1. The van der Waals surface area contributed by atoms with Crippen molar-refractivity contribution in [1.29, 1.82) is 0 Å². The van der Waals surface area contributed by atoms with Crippen molar-refractivity contribution in [1.82, 2.24) is 0 Å². The van der Waals surface area contributed by atoms with Crippen LogP contribution in [0.4, 0.5) is 0 Å². The number of hydrogen-bond acceptors (Lipinski definition) is 8. The Bertz CT molecular complexity index is 480. The maximum Gasteiger partial charge on any atom is 0.311 e. The van der Waals surface area contributed by atoms with Gasteiger partial charge in [0.1, 0.15) is 6.10 Å². The van der Waals surface area contributed by atoms with Gasteiger partial charge >= 0.3 is 8.56 Å². The number of epoxide rings is 1. The molecule has 0 radical (unpaired) electrons. The van der Waals surface area contributed by atoms with Crippen LogP contribution in [0.3, 0.4) is 0 Å². The van der Waals surface area contributed by atoms with Crippen LogP contribution in [-0.4, -0.2) is 101 Å². The fourth-order valence-corrected chi connectivity index (χ4v) is 18.8. The van der Waals surface area contributed by atoms with Crippen LogP contribution < -0.4 is 0 Å². The van der Waals surface area contributed by atoms with E-state index in [2.05, 4.69) is 32.7 Å². The van der Waals surface area contributed by atoms with Gasteiger partial charge in [-0.1, -0.05) is 0 Å². The zero-order chi connectivity index (χ0) is 23.9. The van der Waals surface area contributed by atoms with E-state index >= 15 is 0 Å². The van der Waals surface area contributed by atoms with Gasteiger partial charge in [0.25, 0.3) is 0 Å². The molecule has 32 heavy (non-hydrogen) atoms. The molecule has 1 aliphatic rings. The van der Waals surface area contributed by atoms with E-state index in [-0.39, 0.29) is 13.2 Å². The molecule has 8 nitrogen and oxygen atoms in total. The molecule has 2 unspecified atom stereocenters. The van der Waals surface area contributed by atoms with Gasteiger partial charge in [-0.3, -0.25) is 0 Å². The summed E-state index contributed by atoms with van der Waals surface area (Å²) in [6.45, 7) is 15.7. The van der Waals surface area contributed by atoms with Crippen LogP contribution in [0.2, 0.25) is 50.9 Å². The summed E-state index contributed by atoms with van der Waals surface area (Å²) in [4.78, 5) is 0. The molecule has 11 heteroatoms. The van der Waals surface area contributed by atoms with Gasteiger partial charge in [0.15, 0.2) is 16.6 Å². The molecule has 0 saturated carbocycles. The summed E-state index contributed by atoms with van der Waals surface area (Å²) < 4.78 is 35.4. The second-order valence-electron chi connectivity index (χ2n) is 9.83. The summed E-state index contributed by atoms with van der Waals surface area (Å²) in [6.07, 6.45) is 3.18. The first-order chi connectivity index (χ1) is 15.1. The Kier molecular flexibility index (Phi) is 15.3. The van der Waals surface area contributed by atoms with Crippen molar-refractivity contribution in [2.45, 2.75) is 76.2 Å². The molecule has 0 aliphatic carbocycles. The monoisotopic (exact) mass is 512 g/mol. The molecule has 0 amide bonds. The average molecular weight is 513 g/mol. The van der Waals surface area contributed by atoms with Crippen LogP contribution >= 0.6 is 0 Å². The normalized spacial score (nSPS) is 18.7. The molecule has 1 rings (SSSR count). The lowest BCUT2D eigenvalue weighted by Gasteiger charge is -2.40. The Hall–Kier alpha value is 0.331. The van der Waals surface area contributed by atoms with Crippen molar-refractivity contribution >= 4 is 25.2 Å². The molecular formula is C21H48O8Si3. The first-order valence-corrected chi connectivity index (χ1v) is 20.8. The highest BCUT2D eigenvalue weighted by Gasteiger charge is 2.41. The Morgan fingerprint density at radius 3 is 1.72 bits per heavy atom. The van der Waals surface area contributed by atoms with E-state index in [4.69, 9.17) is 37.4 Å². The highest BCUT2D eigenvalue weighted by atomic mass is 28.5. The van der Waals surface area contributed by atoms with Gasteiger partial charge in [-0.2, -0.15) is 0 Å². The molecule has 2 N–H and O–H groups in total. The van der Waals surface area contributed by atoms with Crippen LogP contribution in [0.25, 0.3) is 0 Å². The van der Waals surface area contributed by atoms with Crippen molar-refractivity contribution in [2.75, 3.05) is 59.5 Å². The van der Waals surface area contributed by atoms with Crippen molar-refractivity contribution in [3.05, 3.63) is 0 Å². The number of aliphatic hydroxyl groups excluding tert-OH is 2. The Labute approximate surface area is 198 Å². The number of hydrogen-bond donors (Lipinski definition) is 2. The molecule has 0 spiro atoms. The summed E-state index contributed by atoms with van der Waals surface area (Å²) >= 11 is 0. The summed E-state index contributed by atoms with van der Waals surface area (Å²) in [6, 6.07) is 3.07. The molecule has 0 aromatic carbocycles. The topological polar surface area (TPSA) is 99.1 Å². The molecule has 2 atom stereocenters. The third kappa shape index (κ3) is 16.0. The molecule has 1 heterocycles. The lowest BCUT2D eigenvalue weighted by atomic mass is 10.5. The van der Waals surface area contributed by atoms with Gasteiger partial charge < -0.3 is 37.4 Å². The minimum Gasteiger partial charge on any atom is -0.437 e. The molecule has 0 bridgehead atoms. The van der Waals surface area contributed by atoms with E-state index in [1.54, 1.807) is 0 Å². The van der Waals surface area contributed by atoms with Crippen molar-refractivity contribution < 1.29 is 37.4 Å². The van der Waals surface area contributed by atoms with Gasteiger partial charge in [0.05, 0.1) is 39.6 Å². The molecule has 0 aromatic heterocycles. The lowest BCUT2D eigenvalue weighted by molar-refractivity contribution is 0.0921. The van der Waals surface area contributed by atoms with Crippen LogP contribution in [-0.2, 0) is 27.2 Å². The average Bonchev–Trinajstić information content (AvgIpc) is 3.50. The molecule has 192 valence electrons.